The van der Waals surface area contributed by atoms with Gasteiger partial charge in [0.1, 0.15) is 5.69 Å². The van der Waals surface area contributed by atoms with Crippen LogP contribution < -0.4 is 5.32 Å². The number of hydrogen-bond acceptors (Lipinski definition) is 3. The number of piperidine rings is 1. The number of carbonyl (C=O) groups excluding carboxylic acids is 2. The number of rotatable bonds is 3. The second-order valence-corrected chi connectivity index (χ2v) is 6.16. The lowest BCUT2D eigenvalue weighted by Crippen LogP contribution is -2.47. The lowest BCUT2D eigenvalue weighted by molar-refractivity contribution is -0.141. The summed E-state index contributed by atoms with van der Waals surface area (Å²) in [5, 5.41) is 2.78. The smallest absolute Gasteiger partial charge is 0.349 e. The Morgan fingerprint density at radius 1 is 1.25 bits per heavy atom. The summed E-state index contributed by atoms with van der Waals surface area (Å²) >= 11 is 0. The summed E-state index contributed by atoms with van der Waals surface area (Å²) in [7, 11) is 0. The highest BCUT2D eigenvalue weighted by atomic mass is 19.4. The maximum absolute atomic E-state index is 12.5. The number of alkyl halides is 3. The van der Waals surface area contributed by atoms with Crippen molar-refractivity contribution in [3.63, 3.8) is 0 Å². The van der Waals surface area contributed by atoms with Crippen molar-refractivity contribution < 1.29 is 22.8 Å². The first-order valence-electron chi connectivity index (χ1n) is 7.81. The van der Waals surface area contributed by atoms with Gasteiger partial charge in [0, 0.05) is 31.2 Å². The second-order valence-electron chi connectivity index (χ2n) is 6.16. The van der Waals surface area contributed by atoms with E-state index in [2.05, 4.69) is 10.3 Å². The highest BCUT2D eigenvalue weighted by Crippen LogP contribution is 2.27. The van der Waals surface area contributed by atoms with Crippen LogP contribution in [0.4, 0.5) is 13.2 Å². The van der Waals surface area contributed by atoms with Crippen LogP contribution >= 0.6 is 0 Å². The van der Waals surface area contributed by atoms with E-state index in [1.165, 1.54) is 0 Å². The molecule has 2 rings (SSSR count). The molecule has 1 saturated heterocycles. The zero-order chi connectivity index (χ0) is 17.9. The van der Waals surface area contributed by atoms with Crippen molar-refractivity contribution in [1.82, 2.24) is 15.2 Å². The van der Waals surface area contributed by atoms with Gasteiger partial charge in [-0.3, -0.25) is 14.6 Å². The third-order valence-electron chi connectivity index (χ3n) is 3.95. The molecule has 1 aromatic heterocycles. The predicted molar refractivity (Wildman–Crippen MR) is 81.1 cm³/mol. The molecule has 2 amide bonds. The Bertz CT molecular complexity index is 592. The van der Waals surface area contributed by atoms with E-state index in [-0.39, 0.29) is 23.4 Å². The van der Waals surface area contributed by atoms with Crippen LogP contribution in [0.5, 0.6) is 0 Å². The zero-order valence-corrected chi connectivity index (χ0v) is 13.6. The Morgan fingerprint density at radius 2 is 1.88 bits per heavy atom. The summed E-state index contributed by atoms with van der Waals surface area (Å²) in [6.07, 6.45) is -2.35. The number of nitrogens with zero attached hydrogens (tertiary/aromatic N) is 2. The van der Waals surface area contributed by atoms with Gasteiger partial charge in [0.2, 0.25) is 5.91 Å². The fraction of sp³-hybridized carbons (Fsp3) is 0.562. The monoisotopic (exact) mass is 343 g/mol. The molecule has 2 heterocycles. The number of carbonyl (C=O) groups is 2. The van der Waals surface area contributed by atoms with Gasteiger partial charge in [0.25, 0.3) is 5.91 Å². The van der Waals surface area contributed by atoms with Crippen LogP contribution in [-0.2, 0) is 11.0 Å². The van der Waals surface area contributed by atoms with Crippen molar-refractivity contribution in [2.45, 2.75) is 38.9 Å². The molecule has 0 aliphatic carbocycles. The molecule has 1 N–H and O–H groups in total. The standard InChI is InChI=1S/C16H20F3N3O2/c1-10(2)15(24)22-7-5-12(6-8-22)21-14(23)11-3-4-13(20-9-11)16(17,18)19/h3-4,9-10,12H,5-8H2,1-2H3,(H,21,23). The first kappa shape index (κ1) is 18.2. The van der Waals surface area contributed by atoms with Gasteiger partial charge in [-0.1, -0.05) is 13.8 Å². The fourth-order valence-electron chi connectivity index (χ4n) is 2.57. The second kappa shape index (κ2) is 7.19. The Kier molecular flexibility index (Phi) is 5.46. The molecule has 0 radical (unpaired) electrons. The third kappa shape index (κ3) is 4.46. The molecule has 0 spiro atoms. The summed E-state index contributed by atoms with van der Waals surface area (Å²) in [6, 6.07) is 1.80. The SMILES string of the molecule is CC(C)C(=O)N1CCC(NC(=O)c2ccc(C(F)(F)F)nc2)CC1. The number of aromatic nitrogens is 1. The van der Waals surface area contributed by atoms with Gasteiger partial charge in [-0.15, -0.1) is 0 Å². The molecule has 1 aromatic rings. The van der Waals surface area contributed by atoms with Crippen LogP contribution in [0.1, 0.15) is 42.7 Å². The minimum atomic E-state index is -4.52. The van der Waals surface area contributed by atoms with Crippen LogP contribution in [0.25, 0.3) is 0 Å². The minimum absolute atomic E-state index is 0.0608. The van der Waals surface area contributed by atoms with Crippen molar-refractivity contribution in [3.8, 4) is 0 Å². The van der Waals surface area contributed by atoms with E-state index in [9.17, 15) is 22.8 Å². The minimum Gasteiger partial charge on any atom is -0.349 e. The number of amides is 2. The van der Waals surface area contributed by atoms with Gasteiger partial charge in [0.15, 0.2) is 0 Å². The van der Waals surface area contributed by atoms with E-state index < -0.39 is 17.8 Å². The first-order valence-corrected chi connectivity index (χ1v) is 7.81. The quantitative estimate of drug-likeness (QED) is 0.917. The van der Waals surface area contributed by atoms with Crippen molar-refractivity contribution in [3.05, 3.63) is 29.6 Å². The highest BCUT2D eigenvalue weighted by molar-refractivity contribution is 5.94. The van der Waals surface area contributed by atoms with E-state index in [0.717, 1.165) is 18.3 Å². The maximum Gasteiger partial charge on any atom is 0.433 e. The van der Waals surface area contributed by atoms with Crippen molar-refractivity contribution in [2.75, 3.05) is 13.1 Å². The molecule has 5 nitrogen and oxygen atoms in total. The van der Waals surface area contributed by atoms with Crippen LogP contribution in [0, 0.1) is 5.92 Å². The number of pyridine rings is 1. The van der Waals surface area contributed by atoms with E-state index in [0.29, 0.717) is 25.9 Å². The summed E-state index contributed by atoms with van der Waals surface area (Å²) < 4.78 is 37.4. The van der Waals surface area contributed by atoms with Gasteiger partial charge in [-0.25, -0.2) is 0 Å². The molecule has 8 heteroatoms. The van der Waals surface area contributed by atoms with E-state index in [1.54, 1.807) is 4.90 Å². The third-order valence-corrected chi connectivity index (χ3v) is 3.95. The first-order chi connectivity index (χ1) is 11.2. The predicted octanol–water partition coefficient (Wildman–Crippen LogP) is 2.48. The van der Waals surface area contributed by atoms with Crippen LogP contribution in [0.15, 0.2) is 18.3 Å². The Morgan fingerprint density at radius 3 is 2.33 bits per heavy atom. The largest absolute Gasteiger partial charge is 0.433 e. The molecule has 0 atom stereocenters. The molecule has 24 heavy (non-hydrogen) atoms. The van der Waals surface area contributed by atoms with Crippen molar-refractivity contribution in [1.29, 1.82) is 0 Å². The Labute approximate surface area is 138 Å². The summed E-state index contributed by atoms with van der Waals surface area (Å²) in [6.45, 7) is 4.81. The summed E-state index contributed by atoms with van der Waals surface area (Å²) in [5.41, 5.74) is -0.941. The van der Waals surface area contributed by atoms with Gasteiger partial charge in [-0.05, 0) is 25.0 Å². The molecule has 1 aliphatic rings. The van der Waals surface area contributed by atoms with Gasteiger partial charge < -0.3 is 10.2 Å². The molecule has 0 aromatic carbocycles. The summed E-state index contributed by atoms with van der Waals surface area (Å²) in [5.74, 6) is -0.425. The average Bonchev–Trinajstić information content (AvgIpc) is 2.54. The van der Waals surface area contributed by atoms with E-state index >= 15 is 0 Å². The lowest BCUT2D eigenvalue weighted by atomic mass is 10.0. The van der Waals surface area contributed by atoms with Gasteiger partial charge >= 0.3 is 6.18 Å². The number of hydrogen-bond donors (Lipinski definition) is 1. The van der Waals surface area contributed by atoms with E-state index in [4.69, 9.17) is 0 Å². The van der Waals surface area contributed by atoms with Crippen LogP contribution in [-0.4, -0.2) is 40.8 Å². The number of nitrogens with one attached hydrogen (secondary N) is 1. The number of likely N-dealkylation sites (tertiary alicyclic amines) is 1. The maximum atomic E-state index is 12.5. The van der Waals surface area contributed by atoms with Crippen molar-refractivity contribution >= 4 is 11.8 Å². The van der Waals surface area contributed by atoms with Crippen molar-refractivity contribution in [2.24, 2.45) is 5.92 Å². The highest BCUT2D eigenvalue weighted by Gasteiger charge is 2.32. The Hall–Kier alpha value is -2.12. The van der Waals surface area contributed by atoms with E-state index in [1.807, 2.05) is 13.8 Å². The molecular weight excluding hydrogens is 323 g/mol. The molecule has 0 unspecified atom stereocenters. The molecule has 0 saturated carbocycles. The molecule has 132 valence electrons. The number of halogens is 3. The fourth-order valence-corrected chi connectivity index (χ4v) is 2.57. The molecule has 1 aliphatic heterocycles. The Balaban J connectivity index is 1.89. The average molecular weight is 343 g/mol. The van der Waals surface area contributed by atoms with Crippen LogP contribution in [0.3, 0.4) is 0 Å². The van der Waals surface area contributed by atoms with Gasteiger partial charge in [-0.2, -0.15) is 13.2 Å². The normalized spacial score (nSPS) is 16.3. The molecule has 0 bridgehead atoms. The molecular formula is C16H20F3N3O2. The van der Waals surface area contributed by atoms with Gasteiger partial charge in [0.05, 0.1) is 5.56 Å². The summed E-state index contributed by atoms with van der Waals surface area (Å²) in [4.78, 5) is 29.0. The topological polar surface area (TPSA) is 62.3 Å². The van der Waals surface area contributed by atoms with Crippen LogP contribution in [0.2, 0.25) is 0 Å². The lowest BCUT2D eigenvalue weighted by Gasteiger charge is -2.33. The zero-order valence-electron chi connectivity index (χ0n) is 13.6. The molecule has 1 fully saturated rings.